The van der Waals surface area contributed by atoms with Crippen LogP contribution in [0.1, 0.15) is 26.3 Å². The number of carbonyl (C=O) groups is 2. The van der Waals surface area contributed by atoms with Crippen LogP contribution < -0.4 is 5.73 Å². The summed E-state index contributed by atoms with van der Waals surface area (Å²) in [5, 5.41) is 18.2. The number of phenolic OH excluding ortho intramolecular Hbond substituents is 1. The summed E-state index contributed by atoms with van der Waals surface area (Å²) in [5.41, 5.74) is 6.09. The Morgan fingerprint density at radius 1 is 1.24 bits per heavy atom. The Labute approximate surface area is 124 Å². The Morgan fingerprint density at radius 3 is 2.19 bits per heavy atom. The fourth-order valence-corrected chi connectivity index (χ4v) is 1.95. The van der Waals surface area contributed by atoms with Crippen molar-refractivity contribution in [3.8, 4) is 5.75 Å². The van der Waals surface area contributed by atoms with E-state index >= 15 is 0 Å². The predicted molar refractivity (Wildman–Crippen MR) is 78.9 cm³/mol. The van der Waals surface area contributed by atoms with Crippen molar-refractivity contribution < 1.29 is 19.8 Å². The molecule has 1 atom stereocenters. The highest BCUT2D eigenvalue weighted by Crippen LogP contribution is 2.16. The van der Waals surface area contributed by atoms with E-state index < -0.39 is 23.5 Å². The summed E-state index contributed by atoms with van der Waals surface area (Å²) in [5.74, 6) is -1.34. The average Bonchev–Trinajstić information content (AvgIpc) is 2.36. The number of aliphatic carboxylic acids is 1. The smallest absolute Gasteiger partial charge is 0.323 e. The van der Waals surface area contributed by atoms with Crippen LogP contribution in [0.5, 0.6) is 5.75 Å². The fourth-order valence-electron chi connectivity index (χ4n) is 1.95. The molecule has 0 unspecified atom stereocenters. The lowest BCUT2D eigenvalue weighted by atomic mass is 10.0. The zero-order valence-corrected chi connectivity index (χ0v) is 12.5. The zero-order chi connectivity index (χ0) is 16.2. The summed E-state index contributed by atoms with van der Waals surface area (Å²) in [7, 11) is 0. The lowest BCUT2D eigenvalue weighted by Gasteiger charge is -2.36. The second kappa shape index (κ2) is 6.58. The summed E-state index contributed by atoms with van der Waals surface area (Å²) >= 11 is 0. The molecular weight excluding hydrogens is 272 g/mol. The van der Waals surface area contributed by atoms with Crippen molar-refractivity contribution >= 4 is 11.9 Å². The van der Waals surface area contributed by atoms with Gasteiger partial charge in [0.2, 0.25) is 5.91 Å². The first-order valence-electron chi connectivity index (χ1n) is 6.68. The lowest BCUT2D eigenvalue weighted by molar-refractivity contribution is -0.148. The van der Waals surface area contributed by atoms with Crippen molar-refractivity contribution in [3.05, 3.63) is 29.8 Å². The highest BCUT2D eigenvalue weighted by atomic mass is 16.4. The predicted octanol–water partition coefficient (Wildman–Crippen LogP) is 0.974. The first-order valence-corrected chi connectivity index (χ1v) is 6.68. The Bertz CT molecular complexity index is 505. The molecule has 1 amide bonds. The van der Waals surface area contributed by atoms with E-state index in [1.807, 2.05) is 0 Å². The molecule has 0 saturated heterocycles. The van der Waals surface area contributed by atoms with Gasteiger partial charge >= 0.3 is 5.97 Å². The summed E-state index contributed by atoms with van der Waals surface area (Å²) in [6.07, 6.45) is 0.283. The molecule has 116 valence electrons. The van der Waals surface area contributed by atoms with E-state index in [1.165, 1.54) is 17.0 Å². The standard InChI is InChI=1S/C15H22N2O4/c1-15(2,3)17(9-13(19)20)14(21)12(16)8-10-4-6-11(18)7-5-10/h4-7,12,18H,8-9,16H2,1-3H3,(H,19,20)/t12-/m0/s1. The quantitative estimate of drug-likeness (QED) is 0.751. The van der Waals surface area contributed by atoms with Crippen LogP contribution in [0.25, 0.3) is 0 Å². The number of nitrogens with zero attached hydrogens (tertiary/aromatic N) is 1. The molecule has 0 spiro atoms. The molecule has 0 bridgehead atoms. The number of carboxylic acid groups (broad SMARTS) is 1. The van der Waals surface area contributed by atoms with Gasteiger partial charge in [0.05, 0.1) is 6.04 Å². The minimum atomic E-state index is -1.07. The Hall–Kier alpha value is -2.08. The van der Waals surface area contributed by atoms with E-state index in [9.17, 15) is 14.7 Å². The topological polar surface area (TPSA) is 104 Å². The van der Waals surface area contributed by atoms with Crippen LogP contribution in [-0.2, 0) is 16.0 Å². The van der Waals surface area contributed by atoms with Gasteiger partial charge < -0.3 is 20.8 Å². The third-order valence-electron chi connectivity index (χ3n) is 3.08. The van der Waals surface area contributed by atoms with Crippen molar-refractivity contribution in [1.29, 1.82) is 0 Å². The van der Waals surface area contributed by atoms with Crippen LogP contribution in [0.2, 0.25) is 0 Å². The summed E-state index contributed by atoms with van der Waals surface area (Å²) in [6.45, 7) is 4.91. The van der Waals surface area contributed by atoms with Gasteiger partial charge in [0.25, 0.3) is 0 Å². The first-order chi connectivity index (χ1) is 9.61. The first kappa shape index (κ1) is 17.0. The van der Waals surface area contributed by atoms with Crippen molar-refractivity contribution in [3.63, 3.8) is 0 Å². The molecule has 1 aromatic rings. The molecule has 0 aliphatic heterocycles. The molecule has 6 heteroatoms. The van der Waals surface area contributed by atoms with E-state index in [0.717, 1.165) is 5.56 Å². The van der Waals surface area contributed by atoms with Gasteiger partial charge in [0.1, 0.15) is 12.3 Å². The summed E-state index contributed by atoms with van der Waals surface area (Å²) < 4.78 is 0. The van der Waals surface area contributed by atoms with Crippen molar-refractivity contribution in [2.75, 3.05) is 6.54 Å². The van der Waals surface area contributed by atoms with Crippen molar-refractivity contribution in [1.82, 2.24) is 4.90 Å². The van der Waals surface area contributed by atoms with Gasteiger partial charge in [-0.25, -0.2) is 0 Å². The van der Waals surface area contributed by atoms with Crippen LogP contribution in [0.3, 0.4) is 0 Å². The van der Waals surface area contributed by atoms with Crippen LogP contribution in [0, 0.1) is 0 Å². The molecule has 6 nitrogen and oxygen atoms in total. The van der Waals surface area contributed by atoms with Crippen molar-refractivity contribution in [2.24, 2.45) is 5.73 Å². The lowest BCUT2D eigenvalue weighted by Crippen LogP contribution is -2.54. The van der Waals surface area contributed by atoms with Gasteiger partial charge in [-0.2, -0.15) is 0 Å². The van der Waals surface area contributed by atoms with Crippen LogP contribution in [0.15, 0.2) is 24.3 Å². The highest BCUT2D eigenvalue weighted by Gasteiger charge is 2.31. The van der Waals surface area contributed by atoms with Crippen LogP contribution >= 0.6 is 0 Å². The van der Waals surface area contributed by atoms with E-state index in [1.54, 1.807) is 32.9 Å². The fraction of sp³-hybridized carbons (Fsp3) is 0.467. The number of aromatic hydroxyl groups is 1. The van der Waals surface area contributed by atoms with Gasteiger partial charge in [-0.1, -0.05) is 12.1 Å². The molecule has 1 aromatic carbocycles. The largest absolute Gasteiger partial charge is 0.508 e. The molecule has 0 radical (unpaired) electrons. The number of benzene rings is 1. The summed E-state index contributed by atoms with van der Waals surface area (Å²) in [6, 6.07) is 5.58. The monoisotopic (exact) mass is 294 g/mol. The van der Waals surface area contributed by atoms with Crippen molar-refractivity contribution in [2.45, 2.75) is 38.8 Å². The SMILES string of the molecule is CC(C)(C)N(CC(=O)O)C(=O)[C@@H](N)Cc1ccc(O)cc1. The molecular formula is C15H22N2O4. The molecule has 0 heterocycles. The number of rotatable bonds is 5. The van der Waals surface area contributed by atoms with Gasteiger partial charge in [-0.15, -0.1) is 0 Å². The number of amides is 1. The molecule has 0 aliphatic carbocycles. The van der Waals surface area contributed by atoms with E-state index in [-0.39, 0.29) is 18.7 Å². The third-order valence-corrected chi connectivity index (χ3v) is 3.08. The molecule has 0 aliphatic rings. The Morgan fingerprint density at radius 2 is 1.76 bits per heavy atom. The Balaban J connectivity index is 2.82. The number of carbonyl (C=O) groups excluding carboxylic acids is 1. The molecule has 1 rings (SSSR count). The number of carboxylic acids is 1. The normalized spacial score (nSPS) is 12.8. The number of nitrogens with two attached hydrogens (primary N) is 1. The minimum Gasteiger partial charge on any atom is -0.508 e. The number of hydrogen-bond donors (Lipinski definition) is 3. The molecule has 21 heavy (non-hydrogen) atoms. The Kier molecular flexibility index (Phi) is 5.32. The van der Waals surface area contributed by atoms with Gasteiger partial charge in [-0.3, -0.25) is 9.59 Å². The molecule has 4 N–H and O–H groups in total. The maximum absolute atomic E-state index is 12.4. The van der Waals surface area contributed by atoms with Gasteiger partial charge in [-0.05, 0) is 44.9 Å². The maximum Gasteiger partial charge on any atom is 0.323 e. The van der Waals surface area contributed by atoms with Gasteiger partial charge in [0.15, 0.2) is 0 Å². The van der Waals surface area contributed by atoms with E-state index in [0.29, 0.717) is 0 Å². The molecule has 0 fully saturated rings. The zero-order valence-electron chi connectivity index (χ0n) is 12.5. The number of phenols is 1. The molecule has 0 aromatic heterocycles. The third kappa shape index (κ3) is 5.07. The average molecular weight is 294 g/mol. The second-order valence-electron chi connectivity index (χ2n) is 5.97. The van der Waals surface area contributed by atoms with E-state index in [4.69, 9.17) is 10.8 Å². The maximum atomic E-state index is 12.4. The highest BCUT2D eigenvalue weighted by molar-refractivity contribution is 5.86. The summed E-state index contributed by atoms with van der Waals surface area (Å²) in [4.78, 5) is 24.6. The van der Waals surface area contributed by atoms with E-state index in [2.05, 4.69) is 0 Å². The van der Waals surface area contributed by atoms with Gasteiger partial charge in [0, 0.05) is 5.54 Å². The minimum absolute atomic E-state index is 0.140. The van der Waals surface area contributed by atoms with Crippen LogP contribution in [0.4, 0.5) is 0 Å². The number of hydrogen-bond acceptors (Lipinski definition) is 4. The second-order valence-corrected chi connectivity index (χ2v) is 5.97. The van der Waals surface area contributed by atoms with Crippen LogP contribution in [-0.4, -0.2) is 45.1 Å². The molecule has 0 saturated carbocycles.